The Morgan fingerprint density at radius 3 is 2.79 bits per heavy atom. The van der Waals surface area contributed by atoms with Crippen molar-refractivity contribution in [3.05, 3.63) is 41.5 Å². The molecule has 9 heteroatoms. The van der Waals surface area contributed by atoms with E-state index in [2.05, 4.69) is 10.1 Å². The summed E-state index contributed by atoms with van der Waals surface area (Å²) in [6.07, 6.45) is 1.46. The molecule has 152 valence electrons. The van der Waals surface area contributed by atoms with E-state index in [0.717, 1.165) is 0 Å². The first-order valence-corrected chi connectivity index (χ1v) is 9.64. The van der Waals surface area contributed by atoms with E-state index >= 15 is 0 Å². The van der Waals surface area contributed by atoms with E-state index < -0.39 is 5.66 Å². The van der Waals surface area contributed by atoms with Crippen LogP contribution in [0.2, 0.25) is 0 Å². The molecule has 2 aliphatic heterocycles. The van der Waals surface area contributed by atoms with Crippen molar-refractivity contribution in [2.45, 2.75) is 45.3 Å². The number of rotatable bonds is 5. The molecule has 0 saturated carbocycles. The number of hydrogen-bond acceptors (Lipinski definition) is 6. The van der Waals surface area contributed by atoms with Gasteiger partial charge in [0.2, 0.25) is 17.7 Å². The van der Waals surface area contributed by atoms with Gasteiger partial charge in [0.1, 0.15) is 12.2 Å². The summed E-state index contributed by atoms with van der Waals surface area (Å²) < 4.78 is 5.15. The van der Waals surface area contributed by atoms with Crippen LogP contribution < -0.4 is 4.90 Å². The monoisotopic (exact) mass is 397 g/mol. The highest BCUT2D eigenvalue weighted by molar-refractivity contribution is 6.11. The van der Waals surface area contributed by atoms with Crippen LogP contribution >= 0.6 is 0 Å². The molecule has 0 bridgehead atoms. The summed E-state index contributed by atoms with van der Waals surface area (Å²) in [7, 11) is 1.63. The molecular formula is C20H23N5O4. The fourth-order valence-corrected chi connectivity index (χ4v) is 3.99. The predicted molar refractivity (Wildman–Crippen MR) is 103 cm³/mol. The first-order valence-electron chi connectivity index (χ1n) is 9.64. The number of likely N-dealkylation sites (N-methyl/N-ethyl adjacent to an activating group) is 1. The van der Waals surface area contributed by atoms with Crippen LogP contribution in [0.25, 0.3) is 0 Å². The molecule has 1 aromatic heterocycles. The van der Waals surface area contributed by atoms with Crippen LogP contribution in [0.1, 0.15) is 48.8 Å². The van der Waals surface area contributed by atoms with E-state index in [9.17, 15) is 14.4 Å². The largest absolute Gasteiger partial charge is 0.337 e. The van der Waals surface area contributed by atoms with Gasteiger partial charge in [0.25, 0.3) is 5.91 Å². The van der Waals surface area contributed by atoms with Crippen molar-refractivity contribution in [1.29, 1.82) is 0 Å². The van der Waals surface area contributed by atoms with E-state index in [4.69, 9.17) is 4.52 Å². The number of carbonyl (C=O) groups excluding carboxylic acids is 3. The van der Waals surface area contributed by atoms with Crippen molar-refractivity contribution in [3.63, 3.8) is 0 Å². The molecule has 1 atom stereocenters. The van der Waals surface area contributed by atoms with Gasteiger partial charge in [0, 0.05) is 19.9 Å². The average Bonchev–Trinajstić information content (AvgIpc) is 3.29. The first-order chi connectivity index (χ1) is 13.8. The third kappa shape index (κ3) is 3.06. The topological polar surface area (TPSA) is 99.9 Å². The van der Waals surface area contributed by atoms with Gasteiger partial charge in [-0.2, -0.15) is 4.98 Å². The maximum Gasteiger partial charge on any atom is 0.258 e. The second-order valence-corrected chi connectivity index (χ2v) is 7.56. The predicted octanol–water partition coefficient (Wildman–Crippen LogP) is 1.59. The number of aromatic nitrogens is 2. The third-order valence-electron chi connectivity index (χ3n) is 5.66. The summed E-state index contributed by atoms with van der Waals surface area (Å²) in [5, 5.41) is 3.83. The minimum atomic E-state index is -0.862. The quantitative estimate of drug-likeness (QED) is 0.760. The normalized spacial score (nSPS) is 20.7. The molecule has 0 aliphatic carbocycles. The van der Waals surface area contributed by atoms with Gasteiger partial charge in [-0.3, -0.25) is 19.3 Å². The van der Waals surface area contributed by atoms with Crippen LogP contribution in [0.3, 0.4) is 0 Å². The number of benzene rings is 1. The van der Waals surface area contributed by atoms with Gasteiger partial charge in [-0.1, -0.05) is 24.2 Å². The van der Waals surface area contributed by atoms with Crippen molar-refractivity contribution in [2.75, 3.05) is 18.5 Å². The lowest BCUT2D eigenvalue weighted by Gasteiger charge is -2.48. The van der Waals surface area contributed by atoms with E-state index in [1.807, 2.05) is 19.9 Å². The zero-order chi connectivity index (χ0) is 20.8. The lowest BCUT2D eigenvalue weighted by molar-refractivity contribution is -0.133. The Kier molecular flexibility index (Phi) is 4.60. The molecule has 0 spiro atoms. The molecular weight excluding hydrogens is 374 g/mol. The van der Waals surface area contributed by atoms with Gasteiger partial charge in [-0.05, 0) is 25.5 Å². The zero-order valence-electron chi connectivity index (χ0n) is 16.7. The van der Waals surface area contributed by atoms with Crippen LogP contribution in [0, 0.1) is 0 Å². The van der Waals surface area contributed by atoms with Crippen LogP contribution in [0.5, 0.6) is 0 Å². The molecule has 3 heterocycles. The van der Waals surface area contributed by atoms with E-state index in [-0.39, 0.29) is 30.8 Å². The highest BCUT2D eigenvalue weighted by atomic mass is 16.5. The molecule has 1 fully saturated rings. The molecule has 4 rings (SSSR count). The molecule has 0 unspecified atom stereocenters. The van der Waals surface area contributed by atoms with Crippen molar-refractivity contribution in [1.82, 2.24) is 19.9 Å². The van der Waals surface area contributed by atoms with E-state index in [0.29, 0.717) is 42.2 Å². The lowest BCUT2D eigenvalue weighted by atomic mass is 9.98. The summed E-state index contributed by atoms with van der Waals surface area (Å²) >= 11 is 0. The van der Waals surface area contributed by atoms with Crippen molar-refractivity contribution in [2.24, 2.45) is 0 Å². The Labute approximate surface area is 168 Å². The molecule has 3 amide bonds. The number of para-hydroxylation sites is 1. The Hall–Kier alpha value is -3.23. The highest BCUT2D eigenvalue weighted by Crippen LogP contribution is 2.43. The van der Waals surface area contributed by atoms with Gasteiger partial charge in [-0.25, -0.2) is 0 Å². The van der Waals surface area contributed by atoms with Crippen LogP contribution in [-0.2, 0) is 22.6 Å². The fourth-order valence-electron chi connectivity index (χ4n) is 3.99. The van der Waals surface area contributed by atoms with Gasteiger partial charge >= 0.3 is 0 Å². The molecule has 1 saturated heterocycles. The summed E-state index contributed by atoms with van der Waals surface area (Å²) in [5.41, 5.74) is 0.177. The second kappa shape index (κ2) is 6.98. The number of aryl methyl sites for hydroxylation is 1. The summed E-state index contributed by atoms with van der Waals surface area (Å²) in [6, 6.07) is 7.03. The fraction of sp³-hybridized carbons (Fsp3) is 0.450. The number of anilines is 1. The van der Waals surface area contributed by atoms with Gasteiger partial charge in [0.05, 0.1) is 17.8 Å². The van der Waals surface area contributed by atoms with Gasteiger partial charge in [-0.15, -0.1) is 0 Å². The van der Waals surface area contributed by atoms with Crippen LogP contribution in [0.4, 0.5) is 5.69 Å². The molecule has 0 radical (unpaired) electrons. The van der Waals surface area contributed by atoms with Gasteiger partial charge in [0.15, 0.2) is 5.82 Å². The minimum Gasteiger partial charge on any atom is -0.337 e. The lowest BCUT2D eigenvalue weighted by Crippen LogP contribution is -2.63. The minimum absolute atomic E-state index is 0.0452. The number of carbonyl (C=O) groups is 3. The summed E-state index contributed by atoms with van der Waals surface area (Å²) in [6.45, 7) is 3.77. The molecule has 2 aliphatic rings. The SMILES string of the molecule is CCc1noc(CN(C)C(=O)CN2C(=O)c3ccccc3N3C(=O)CC[C@@]23C)n1. The van der Waals surface area contributed by atoms with Crippen molar-refractivity contribution >= 4 is 23.4 Å². The van der Waals surface area contributed by atoms with Crippen LogP contribution in [-0.4, -0.2) is 56.9 Å². The maximum atomic E-state index is 13.2. The summed E-state index contributed by atoms with van der Waals surface area (Å²) in [4.78, 5) is 47.5. The Balaban J connectivity index is 1.58. The standard InChI is InChI=1S/C20H23N5O4/c1-4-15-21-16(29-22-15)11-23(3)18(27)12-24-19(28)13-7-5-6-8-14(13)25-17(26)9-10-20(24,25)2/h5-8H,4,9-12H2,1-3H3/t20-/m0/s1. The molecule has 2 aromatic rings. The van der Waals surface area contributed by atoms with Crippen molar-refractivity contribution < 1.29 is 18.9 Å². The Bertz CT molecular complexity index is 987. The third-order valence-corrected chi connectivity index (χ3v) is 5.66. The maximum absolute atomic E-state index is 13.2. The van der Waals surface area contributed by atoms with Crippen molar-refractivity contribution in [3.8, 4) is 0 Å². The van der Waals surface area contributed by atoms with E-state index in [1.54, 1.807) is 30.1 Å². The number of fused-ring (bicyclic) bond motifs is 3. The molecule has 1 aromatic carbocycles. The number of amides is 3. The van der Waals surface area contributed by atoms with Gasteiger partial charge < -0.3 is 14.3 Å². The number of nitrogens with zero attached hydrogens (tertiary/aromatic N) is 5. The average molecular weight is 397 g/mol. The molecule has 9 nitrogen and oxygen atoms in total. The second-order valence-electron chi connectivity index (χ2n) is 7.56. The smallest absolute Gasteiger partial charge is 0.258 e. The zero-order valence-corrected chi connectivity index (χ0v) is 16.7. The van der Waals surface area contributed by atoms with E-state index in [1.165, 1.54) is 9.80 Å². The summed E-state index contributed by atoms with van der Waals surface area (Å²) in [5.74, 6) is 0.362. The molecule has 0 N–H and O–H groups in total. The molecule has 29 heavy (non-hydrogen) atoms. The number of hydrogen-bond donors (Lipinski definition) is 0. The first kappa shape index (κ1) is 19.1. The van der Waals surface area contributed by atoms with Crippen LogP contribution in [0.15, 0.2) is 28.8 Å². The Morgan fingerprint density at radius 1 is 1.31 bits per heavy atom. The highest BCUT2D eigenvalue weighted by Gasteiger charge is 2.53. The Morgan fingerprint density at radius 2 is 2.07 bits per heavy atom.